The third-order valence-electron chi connectivity index (χ3n) is 4.73. The number of rotatable bonds is 2. The van der Waals surface area contributed by atoms with Crippen LogP contribution in [0.3, 0.4) is 0 Å². The maximum Gasteiger partial charge on any atom is 0.0802 e. The van der Waals surface area contributed by atoms with Crippen molar-refractivity contribution >= 4 is 0 Å². The monoisotopic (exact) mass is 265 g/mol. The number of fused-ring (bicyclic) bond motifs is 3. The summed E-state index contributed by atoms with van der Waals surface area (Å²) in [5, 5.41) is 14.3. The highest BCUT2D eigenvalue weighted by Crippen LogP contribution is 2.47. The Morgan fingerprint density at radius 3 is 2.10 bits per heavy atom. The predicted molar refractivity (Wildman–Crippen MR) is 80.8 cm³/mol. The van der Waals surface area contributed by atoms with Crippen LogP contribution in [0.5, 0.6) is 0 Å². The molecular weight excluding hydrogens is 246 g/mol. The van der Waals surface area contributed by atoms with Crippen LogP contribution >= 0.6 is 0 Å². The summed E-state index contributed by atoms with van der Waals surface area (Å²) in [5.41, 5.74) is 5.11. The van der Waals surface area contributed by atoms with E-state index in [-0.39, 0.29) is 18.1 Å². The highest BCUT2D eigenvalue weighted by molar-refractivity contribution is 5.79. The zero-order valence-electron chi connectivity index (χ0n) is 11.4. The third-order valence-corrected chi connectivity index (χ3v) is 4.73. The van der Waals surface area contributed by atoms with E-state index in [0.29, 0.717) is 0 Å². The van der Waals surface area contributed by atoms with E-state index >= 15 is 0 Å². The maximum absolute atomic E-state index is 10.9. The Morgan fingerprint density at radius 1 is 0.950 bits per heavy atom. The van der Waals surface area contributed by atoms with Gasteiger partial charge in [-0.15, -0.1) is 0 Å². The van der Waals surface area contributed by atoms with E-state index in [1.165, 1.54) is 22.3 Å². The minimum absolute atomic E-state index is 0.109. The van der Waals surface area contributed by atoms with E-state index in [0.717, 1.165) is 19.4 Å². The second-order valence-electron chi connectivity index (χ2n) is 5.85. The van der Waals surface area contributed by atoms with Gasteiger partial charge in [-0.05, 0) is 41.6 Å². The van der Waals surface area contributed by atoms with Crippen molar-refractivity contribution in [2.24, 2.45) is 0 Å². The Labute approximate surface area is 119 Å². The number of hydrogen-bond donors (Lipinski definition) is 2. The molecule has 0 bridgehead atoms. The maximum atomic E-state index is 10.9. The number of benzene rings is 2. The molecule has 1 heterocycles. The molecule has 1 saturated heterocycles. The second kappa shape index (κ2) is 4.72. The lowest BCUT2D eigenvalue weighted by Gasteiger charge is -2.26. The molecule has 0 aromatic heterocycles. The summed E-state index contributed by atoms with van der Waals surface area (Å²) < 4.78 is 0. The summed E-state index contributed by atoms with van der Waals surface area (Å²) in [6, 6.07) is 17.2. The molecule has 0 spiro atoms. The highest BCUT2D eigenvalue weighted by atomic mass is 16.3. The fourth-order valence-corrected chi connectivity index (χ4v) is 3.80. The van der Waals surface area contributed by atoms with E-state index in [9.17, 15) is 5.11 Å². The summed E-state index contributed by atoms with van der Waals surface area (Å²) in [4.78, 5) is 0. The highest BCUT2D eigenvalue weighted by Gasteiger charge is 2.37. The Hall–Kier alpha value is -1.64. The summed E-state index contributed by atoms with van der Waals surface area (Å²) >= 11 is 0. The molecule has 2 N–H and O–H groups in total. The van der Waals surface area contributed by atoms with Gasteiger partial charge < -0.3 is 10.4 Å². The van der Waals surface area contributed by atoms with Gasteiger partial charge in [0.15, 0.2) is 0 Å². The van der Waals surface area contributed by atoms with Crippen LogP contribution in [-0.2, 0) is 0 Å². The molecule has 1 fully saturated rings. The summed E-state index contributed by atoms with van der Waals surface area (Å²) in [6.45, 7) is 1.03. The van der Waals surface area contributed by atoms with Gasteiger partial charge in [-0.2, -0.15) is 0 Å². The minimum atomic E-state index is -0.345. The van der Waals surface area contributed by atoms with E-state index in [4.69, 9.17) is 0 Å². The van der Waals surface area contributed by atoms with Crippen LogP contribution in [0, 0.1) is 0 Å². The minimum Gasteiger partial charge on any atom is -0.391 e. The largest absolute Gasteiger partial charge is 0.391 e. The van der Waals surface area contributed by atoms with E-state index in [2.05, 4.69) is 53.8 Å². The van der Waals surface area contributed by atoms with Crippen LogP contribution in [-0.4, -0.2) is 23.8 Å². The summed E-state index contributed by atoms with van der Waals surface area (Å²) in [5.74, 6) is 0.109. The second-order valence-corrected chi connectivity index (χ2v) is 5.85. The molecule has 20 heavy (non-hydrogen) atoms. The van der Waals surface area contributed by atoms with Gasteiger partial charge in [-0.25, -0.2) is 0 Å². The Bertz CT molecular complexity index is 585. The molecule has 1 aliphatic carbocycles. The van der Waals surface area contributed by atoms with Gasteiger partial charge in [0.2, 0.25) is 0 Å². The summed E-state index contributed by atoms with van der Waals surface area (Å²) in [6.07, 6.45) is 1.89. The van der Waals surface area contributed by atoms with E-state index in [1.807, 2.05) is 0 Å². The molecular formula is C18H19NO. The van der Waals surface area contributed by atoms with Gasteiger partial charge in [0.25, 0.3) is 0 Å². The van der Waals surface area contributed by atoms with Gasteiger partial charge in [-0.1, -0.05) is 48.5 Å². The topological polar surface area (TPSA) is 32.3 Å². The van der Waals surface area contributed by atoms with Crippen LogP contribution in [0.4, 0.5) is 0 Å². The van der Waals surface area contributed by atoms with Crippen LogP contribution in [0.25, 0.3) is 11.1 Å². The van der Waals surface area contributed by atoms with Gasteiger partial charge in [0, 0.05) is 12.0 Å². The van der Waals surface area contributed by atoms with Crippen molar-refractivity contribution in [1.82, 2.24) is 5.32 Å². The molecule has 2 heteroatoms. The molecule has 1 aliphatic heterocycles. The number of nitrogens with one attached hydrogen (secondary N) is 1. The molecule has 2 unspecified atom stereocenters. The average Bonchev–Trinajstić information content (AvgIpc) is 3.13. The van der Waals surface area contributed by atoms with Gasteiger partial charge in [0.1, 0.15) is 0 Å². The van der Waals surface area contributed by atoms with Crippen LogP contribution in [0.1, 0.15) is 29.9 Å². The molecule has 2 nitrogen and oxygen atoms in total. The molecule has 4 rings (SSSR count). The average molecular weight is 265 g/mol. The predicted octanol–water partition coefficient (Wildman–Crippen LogP) is 2.91. The van der Waals surface area contributed by atoms with Crippen molar-refractivity contribution in [3.05, 3.63) is 59.7 Å². The smallest absolute Gasteiger partial charge is 0.0802 e. The van der Waals surface area contributed by atoms with E-state index < -0.39 is 0 Å². The van der Waals surface area contributed by atoms with Crippen LogP contribution in [0.2, 0.25) is 0 Å². The SMILES string of the molecule is OC(C1CCCN1)C1c2ccccc2-c2ccccc21. The van der Waals surface area contributed by atoms with Crippen molar-refractivity contribution in [1.29, 1.82) is 0 Å². The Balaban J connectivity index is 1.82. The first kappa shape index (κ1) is 12.1. The quantitative estimate of drug-likeness (QED) is 0.875. The molecule has 2 aromatic rings. The first-order chi connectivity index (χ1) is 9.86. The van der Waals surface area contributed by atoms with Crippen LogP contribution < -0.4 is 5.32 Å². The zero-order valence-corrected chi connectivity index (χ0v) is 11.4. The first-order valence-electron chi connectivity index (χ1n) is 7.46. The Kier molecular flexibility index (Phi) is 2.86. The molecule has 102 valence electrons. The molecule has 0 radical (unpaired) electrons. The Morgan fingerprint density at radius 2 is 1.55 bits per heavy atom. The molecule has 0 saturated carbocycles. The molecule has 2 atom stereocenters. The number of hydrogen-bond acceptors (Lipinski definition) is 2. The number of aliphatic hydroxyl groups excluding tert-OH is 1. The fraction of sp³-hybridized carbons (Fsp3) is 0.333. The molecule has 0 amide bonds. The lowest BCUT2D eigenvalue weighted by molar-refractivity contribution is 0.120. The van der Waals surface area contributed by atoms with Crippen molar-refractivity contribution in [2.75, 3.05) is 6.54 Å². The lowest BCUT2D eigenvalue weighted by atomic mass is 9.87. The van der Waals surface area contributed by atoms with Gasteiger partial charge in [0.05, 0.1) is 6.10 Å². The zero-order chi connectivity index (χ0) is 13.5. The van der Waals surface area contributed by atoms with Crippen molar-refractivity contribution in [3.8, 4) is 11.1 Å². The first-order valence-corrected chi connectivity index (χ1v) is 7.46. The molecule has 2 aliphatic rings. The van der Waals surface area contributed by atoms with Gasteiger partial charge in [-0.3, -0.25) is 0 Å². The molecule has 2 aromatic carbocycles. The van der Waals surface area contributed by atoms with Crippen molar-refractivity contribution in [3.63, 3.8) is 0 Å². The third kappa shape index (κ3) is 1.72. The van der Waals surface area contributed by atoms with Crippen molar-refractivity contribution in [2.45, 2.75) is 30.9 Å². The fourth-order valence-electron chi connectivity index (χ4n) is 3.80. The standard InChI is InChI=1S/C18H19NO/c20-18(16-10-5-11-19-16)17-14-8-3-1-6-12(14)13-7-2-4-9-15(13)17/h1-4,6-9,16-20H,5,10-11H2. The van der Waals surface area contributed by atoms with Crippen molar-refractivity contribution < 1.29 is 5.11 Å². The number of aliphatic hydroxyl groups is 1. The van der Waals surface area contributed by atoms with Gasteiger partial charge >= 0.3 is 0 Å². The lowest BCUT2D eigenvalue weighted by Crippen LogP contribution is -2.38. The summed E-state index contributed by atoms with van der Waals surface area (Å²) in [7, 11) is 0. The van der Waals surface area contributed by atoms with Crippen LogP contribution in [0.15, 0.2) is 48.5 Å². The van der Waals surface area contributed by atoms with E-state index in [1.54, 1.807) is 0 Å². The normalized spacial score (nSPS) is 22.6.